The van der Waals surface area contributed by atoms with Crippen molar-refractivity contribution in [3.8, 4) is 0 Å². The summed E-state index contributed by atoms with van der Waals surface area (Å²) in [5, 5.41) is 0. The van der Waals surface area contributed by atoms with E-state index in [1.54, 1.807) is 0 Å². The van der Waals surface area contributed by atoms with E-state index in [4.69, 9.17) is 0 Å². The van der Waals surface area contributed by atoms with Gasteiger partial charge in [0.1, 0.15) is 5.69 Å². The van der Waals surface area contributed by atoms with Crippen molar-refractivity contribution in [3.63, 3.8) is 0 Å². The quantitative estimate of drug-likeness (QED) is 0.791. The molecule has 4 heteroatoms. The first-order chi connectivity index (χ1) is 9.58. The number of carbonyl (C=O) groups excluding carboxylic acids is 1. The molecule has 2 aliphatic rings. The summed E-state index contributed by atoms with van der Waals surface area (Å²) < 4.78 is 3.08. The zero-order chi connectivity index (χ0) is 14.3. The lowest BCUT2D eigenvalue weighted by molar-refractivity contribution is 0.0536. The van der Waals surface area contributed by atoms with Gasteiger partial charge in [0.25, 0.3) is 5.91 Å². The number of nitrogens with zero attached hydrogens (tertiary/aromatic N) is 2. The van der Waals surface area contributed by atoms with Gasteiger partial charge in [-0.2, -0.15) is 0 Å². The summed E-state index contributed by atoms with van der Waals surface area (Å²) in [5.41, 5.74) is 0.833. The summed E-state index contributed by atoms with van der Waals surface area (Å²) in [5.74, 6) is 0.972. The maximum atomic E-state index is 13.0. The third-order valence-corrected chi connectivity index (χ3v) is 5.28. The Morgan fingerprint density at radius 1 is 1.30 bits per heavy atom. The van der Waals surface area contributed by atoms with Crippen LogP contribution in [-0.2, 0) is 0 Å². The molecular weight excluding hydrogens is 316 g/mol. The number of halogens is 1. The molecule has 110 valence electrons. The molecule has 0 N–H and O–H groups in total. The van der Waals surface area contributed by atoms with Crippen molar-refractivity contribution in [3.05, 3.63) is 22.4 Å². The molecule has 3 nitrogen and oxygen atoms in total. The van der Waals surface area contributed by atoms with Gasteiger partial charge in [0.05, 0.1) is 0 Å². The van der Waals surface area contributed by atoms with Gasteiger partial charge < -0.3 is 9.47 Å². The van der Waals surface area contributed by atoms with Crippen LogP contribution in [0.5, 0.6) is 0 Å². The average molecular weight is 339 g/mol. The van der Waals surface area contributed by atoms with Crippen LogP contribution in [0.2, 0.25) is 0 Å². The molecule has 1 aromatic heterocycles. The van der Waals surface area contributed by atoms with Gasteiger partial charge in [0, 0.05) is 29.3 Å². The molecule has 2 unspecified atom stereocenters. The zero-order valence-corrected chi connectivity index (χ0v) is 13.9. The highest BCUT2D eigenvalue weighted by Crippen LogP contribution is 2.37. The van der Waals surface area contributed by atoms with Crippen molar-refractivity contribution in [2.75, 3.05) is 6.54 Å². The normalized spacial score (nSPS) is 26.1. The molecular formula is C16H23BrN2O. The van der Waals surface area contributed by atoms with Crippen LogP contribution in [0.4, 0.5) is 0 Å². The van der Waals surface area contributed by atoms with Crippen molar-refractivity contribution in [2.24, 2.45) is 5.92 Å². The van der Waals surface area contributed by atoms with Crippen molar-refractivity contribution < 1.29 is 4.79 Å². The fourth-order valence-corrected chi connectivity index (χ4v) is 4.33. The van der Waals surface area contributed by atoms with E-state index in [0.717, 1.165) is 29.1 Å². The molecule has 20 heavy (non-hydrogen) atoms. The minimum absolute atomic E-state index is 0.223. The second-order valence-corrected chi connectivity index (χ2v) is 7.36. The van der Waals surface area contributed by atoms with Crippen molar-refractivity contribution in [2.45, 2.75) is 58.0 Å². The molecule has 1 aliphatic carbocycles. The number of hydrogen-bond donors (Lipinski definition) is 0. The predicted molar refractivity (Wildman–Crippen MR) is 83.9 cm³/mol. The highest BCUT2D eigenvalue weighted by molar-refractivity contribution is 9.10. The average Bonchev–Trinajstić information content (AvgIpc) is 3.03. The first-order valence-electron chi connectivity index (χ1n) is 7.76. The summed E-state index contributed by atoms with van der Waals surface area (Å²) in [6.07, 6.45) is 8.28. The second-order valence-electron chi connectivity index (χ2n) is 6.44. The lowest BCUT2D eigenvalue weighted by Crippen LogP contribution is -2.46. The lowest BCUT2D eigenvalue weighted by atomic mass is 9.92. The standard InChI is InChI=1S/C16H23BrN2O/c1-11(2)19-10-13(17)9-15(19)16(20)18-8-4-6-12-5-3-7-14(12)18/h9-12,14H,3-8H2,1-2H3. The van der Waals surface area contributed by atoms with Crippen molar-refractivity contribution in [1.29, 1.82) is 0 Å². The van der Waals surface area contributed by atoms with Crippen LogP contribution in [0.25, 0.3) is 0 Å². The summed E-state index contributed by atoms with van der Waals surface area (Å²) in [7, 11) is 0. The van der Waals surface area contributed by atoms with Crippen LogP contribution < -0.4 is 0 Å². The molecule has 1 saturated carbocycles. The van der Waals surface area contributed by atoms with Gasteiger partial charge >= 0.3 is 0 Å². The molecule has 2 fully saturated rings. The number of hydrogen-bond acceptors (Lipinski definition) is 1. The summed E-state index contributed by atoms with van der Waals surface area (Å²) in [4.78, 5) is 15.1. The Labute approximate surface area is 129 Å². The maximum Gasteiger partial charge on any atom is 0.270 e. The number of carbonyl (C=O) groups is 1. The number of amides is 1. The van der Waals surface area contributed by atoms with Crippen LogP contribution in [0, 0.1) is 5.92 Å². The van der Waals surface area contributed by atoms with E-state index in [0.29, 0.717) is 12.1 Å². The second kappa shape index (κ2) is 5.55. The summed E-state index contributed by atoms with van der Waals surface area (Å²) >= 11 is 3.51. The minimum Gasteiger partial charge on any atom is -0.340 e. The Morgan fingerprint density at radius 2 is 2.05 bits per heavy atom. The number of piperidine rings is 1. The fraction of sp³-hybridized carbons (Fsp3) is 0.688. The van der Waals surface area contributed by atoms with E-state index < -0.39 is 0 Å². The molecule has 0 bridgehead atoms. The zero-order valence-electron chi connectivity index (χ0n) is 12.3. The molecule has 0 aromatic carbocycles. The molecule has 1 aliphatic heterocycles. The topological polar surface area (TPSA) is 25.2 Å². The molecule has 0 spiro atoms. The number of fused-ring (bicyclic) bond motifs is 1. The van der Waals surface area contributed by atoms with E-state index in [-0.39, 0.29) is 5.91 Å². The Kier molecular flexibility index (Phi) is 3.93. The molecule has 3 rings (SSSR count). The molecule has 1 aromatic rings. The predicted octanol–water partition coefficient (Wildman–Crippen LogP) is 4.24. The van der Waals surface area contributed by atoms with Gasteiger partial charge in [-0.1, -0.05) is 6.42 Å². The smallest absolute Gasteiger partial charge is 0.270 e. The Morgan fingerprint density at radius 3 is 2.80 bits per heavy atom. The lowest BCUT2D eigenvalue weighted by Gasteiger charge is -2.38. The molecule has 1 amide bonds. The Hall–Kier alpha value is -0.770. The molecule has 2 atom stereocenters. The van der Waals surface area contributed by atoms with Crippen molar-refractivity contribution in [1.82, 2.24) is 9.47 Å². The SMILES string of the molecule is CC(C)n1cc(Br)cc1C(=O)N1CCCC2CCCC21. The van der Waals surface area contributed by atoms with Gasteiger partial charge in [-0.3, -0.25) is 4.79 Å². The largest absolute Gasteiger partial charge is 0.340 e. The van der Waals surface area contributed by atoms with E-state index in [2.05, 4.69) is 39.2 Å². The van der Waals surface area contributed by atoms with Gasteiger partial charge in [-0.25, -0.2) is 0 Å². The van der Waals surface area contributed by atoms with Crippen LogP contribution in [-0.4, -0.2) is 28.0 Å². The number of rotatable bonds is 2. The van der Waals surface area contributed by atoms with Crippen molar-refractivity contribution >= 4 is 21.8 Å². The van der Waals surface area contributed by atoms with E-state index in [1.165, 1.54) is 25.7 Å². The van der Waals surface area contributed by atoms with Gasteiger partial charge in [0.15, 0.2) is 0 Å². The fourth-order valence-electron chi connectivity index (χ4n) is 3.90. The first-order valence-corrected chi connectivity index (χ1v) is 8.55. The Bertz CT molecular complexity index is 509. The maximum absolute atomic E-state index is 13.0. The number of likely N-dealkylation sites (tertiary alicyclic amines) is 1. The highest BCUT2D eigenvalue weighted by atomic mass is 79.9. The van der Waals surface area contributed by atoms with Crippen LogP contribution in [0.15, 0.2) is 16.7 Å². The molecule has 0 radical (unpaired) electrons. The van der Waals surface area contributed by atoms with E-state index >= 15 is 0 Å². The summed E-state index contributed by atoms with van der Waals surface area (Å²) in [6.45, 7) is 5.18. The van der Waals surface area contributed by atoms with Gasteiger partial charge in [-0.05, 0) is 67.4 Å². The van der Waals surface area contributed by atoms with E-state index in [1.807, 2.05) is 12.3 Å². The minimum atomic E-state index is 0.223. The molecule has 2 heterocycles. The Balaban J connectivity index is 1.88. The molecule has 1 saturated heterocycles. The third-order valence-electron chi connectivity index (χ3n) is 4.84. The van der Waals surface area contributed by atoms with Crippen LogP contribution >= 0.6 is 15.9 Å². The van der Waals surface area contributed by atoms with Crippen LogP contribution in [0.1, 0.15) is 62.5 Å². The van der Waals surface area contributed by atoms with E-state index in [9.17, 15) is 4.79 Å². The van der Waals surface area contributed by atoms with Gasteiger partial charge in [0.2, 0.25) is 0 Å². The first kappa shape index (κ1) is 14.2. The van der Waals surface area contributed by atoms with Gasteiger partial charge in [-0.15, -0.1) is 0 Å². The van der Waals surface area contributed by atoms with Crippen LogP contribution in [0.3, 0.4) is 0 Å². The monoisotopic (exact) mass is 338 g/mol. The summed E-state index contributed by atoms with van der Waals surface area (Å²) in [6, 6.07) is 2.77. The third kappa shape index (κ3) is 2.43. The number of aromatic nitrogens is 1. The highest BCUT2D eigenvalue weighted by Gasteiger charge is 2.38.